The van der Waals surface area contributed by atoms with Crippen molar-refractivity contribution >= 4 is 41.5 Å². The number of benzene rings is 1. The van der Waals surface area contributed by atoms with E-state index in [1.54, 1.807) is 0 Å². The van der Waals surface area contributed by atoms with Gasteiger partial charge in [-0.2, -0.15) is 0 Å². The van der Waals surface area contributed by atoms with Crippen molar-refractivity contribution in [2.75, 3.05) is 0 Å². The van der Waals surface area contributed by atoms with Crippen LogP contribution in [0.25, 0.3) is 0 Å². The summed E-state index contributed by atoms with van der Waals surface area (Å²) in [6.45, 7) is 2.17. The van der Waals surface area contributed by atoms with Gasteiger partial charge >= 0.3 is 41.5 Å². The molecule has 0 unspecified atom stereocenters. The molecule has 0 saturated carbocycles. The van der Waals surface area contributed by atoms with Crippen LogP contribution in [0.5, 0.6) is 5.75 Å². The fraction of sp³-hybridized carbons (Fsp3) is 0.500. The molecule has 0 fully saturated rings. The zero-order valence-electron chi connectivity index (χ0n) is 11.9. The van der Waals surface area contributed by atoms with Crippen molar-refractivity contribution in [3.05, 3.63) is 29.8 Å². The molecule has 4 nitrogen and oxygen atoms in total. The van der Waals surface area contributed by atoms with E-state index in [0.29, 0.717) is 12.2 Å². The van der Waals surface area contributed by atoms with Crippen molar-refractivity contribution in [2.45, 2.75) is 51.9 Å². The summed E-state index contributed by atoms with van der Waals surface area (Å²) in [6.07, 6.45) is 7.15. The van der Waals surface area contributed by atoms with Crippen LogP contribution in [0.3, 0.4) is 0 Å². The monoisotopic (exact) mass is 302 g/mol. The van der Waals surface area contributed by atoms with E-state index in [-0.39, 0.29) is 41.1 Å². The third kappa shape index (κ3) is 8.91. The molecule has 1 aromatic rings. The van der Waals surface area contributed by atoms with Gasteiger partial charge in [-0.05, 0) is 30.7 Å². The molecule has 0 radical (unpaired) electrons. The molecule has 1 aromatic carbocycles. The van der Waals surface area contributed by atoms with Crippen LogP contribution in [0.4, 0.5) is 0 Å². The Morgan fingerprint density at radius 1 is 1.00 bits per heavy atom. The number of hydrogen-bond acceptors (Lipinski definition) is 3. The number of esters is 1. The second kappa shape index (κ2) is 11.8. The molecule has 0 spiro atoms. The van der Waals surface area contributed by atoms with E-state index in [1.807, 2.05) is 0 Å². The second-order valence-corrected chi connectivity index (χ2v) is 4.82. The summed E-state index contributed by atoms with van der Waals surface area (Å²) in [4.78, 5) is 22.3. The summed E-state index contributed by atoms with van der Waals surface area (Å²) in [5, 5.41) is 8.75. The number of unbranched alkanes of at least 4 members (excludes halogenated alkanes) is 5. The third-order valence-corrected chi connectivity index (χ3v) is 3.07. The Bertz CT molecular complexity index is 428. The van der Waals surface area contributed by atoms with Gasteiger partial charge in [0.05, 0.1) is 5.56 Å². The summed E-state index contributed by atoms with van der Waals surface area (Å²) < 4.78 is 5.14. The first-order chi connectivity index (χ1) is 9.63. The number of carbonyl (C=O) groups excluding carboxylic acids is 1. The first-order valence-electron chi connectivity index (χ1n) is 7.17. The number of aromatic carboxylic acids is 1. The number of rotatable bonds is 9. The minimum atomic E-state index is -0.991. The summed E-state index contributed by atoms with van der Waals surface area (Å²) in [7, 11) is 0. The van der Waals surface area contributed by atoms with E-state index in [2.05, 4.69) is 6.92 Å². The van der Waals surface area contributed by atoms with Crippen molar-refractivity contribution < 1.29 is 19.4 Å². The van der Waals surface area contributed by atoms with Gasteiger partial charge in [-0.3, -0.25) is 4.79 Å². The fourth-order valence-corrected chi connectivity index (χ4v) is 1.90. The van der Waals surface area contributed by atoms with Crippen LogP contribution in [0.2, 0.25) is 0 Å². The van der Waals surface area contributed by atoms with Crippen LogP contribution in [-0.4, -0.2) is 46.6 Å². The normalized spacial score (nSPS) is 9.76. The first-order valence-corrected chi connectivity index (χ1v) is 7.17. The predicted molar refractivity (Wildman–Crippen MR) is 84.2 cm³/mol. The molecule has 0 aliphatic rings. The van der Waals surface area contributed by atoms with Crippen molar-refractivity contribution in [3.63, 3.8) is 0 Å². The van der Waals surface area contributed by atoms with Crippen molar-refractivity contribution in [2.24, 2.45) is 0 Å². The predicted octanol–water partition coefficient (Wildman–Crippen LogP) is 3.39. The minimum absolute atomic E-state index is 0. The van der Waals surface area contributed by atoms with E-state index in [4.69, 9.17) is 9.84 Å². The number of carbonyl (C=O) groups is 2. The van der Waals surface area contributed by atoms with Crippen LogP contribution >= 0.6 is 0 Å². The number of hydrogen-bond donors (Lipinski definition) is 1. The number of ether oxygens (including phenoxy) is 1. The quantitative estimate of drug-likeness (QED) is 0.329. The molecule has 0 saturated heterocycles. The second-order valence-electron chi connectivity index (χ2n) is 4.82. The van der Waals surface area contributed by atoms with E-state index in [9.17, 15) is 9.59 Å². The number of carboxylic acid groups (broad SMARTS) is 1. The molecule has 0 aliphatic carbocycles. The Labute approximate surface area is 148 Å². The van der Waals surface area contributed by atoms with Gasteiger partial charge in [0.15, 0.2) is 0 Å². The van der Waals surface area contributed by atoms with Crippen molar-refractivity contribution in [3.8, 4) is 5.75 Å². The number of carboxylic acids is 1. The van der Waals surface area contributed by atoms with Crippen LogP contribution in [0.1, 0.15) is 62.2 Å². The molecule has 0 aromatic heterocycles. The van der Waals surface area contributed by atoms with Gasteiger partial charge in [-0.1, -0.05) is 39.0 Å². The molecule has 0 aliphatic heterocycles. The average Bonchev–Trinajstić information content (AvgIpc) is 2.43. The molecule has 0 amide bonds. The molecule has 1 N–H and O–H groups in total. The molecule has 112 valence electrons. The topological polar surface area (TPSA) is 63.6 Å². The standard InChI is InChI=1S/C16H22O4.Na.H/c1-2-3-4-5-6-7-8-15(17)20-14-11-9-13(10-12-14)16(18)19;;/h9-12H,2-8H2,1H3,(H,18,19);;. The van der Waals surface area contributed by atoms with Gasteiger partial charge in [-0.15, -0.1) is 0 Å². The molecule has 0 heterocycles. The molecule has 0 bridgehead atoms. The van der Waals surface area contributed by atoms with Crippen molar-refractivity contribution in [1.82, 2.24) is 0 Å². The van der Waals surface area contributed by atoms with Crippen LogP contribution in [0.15, 0.2) is 24.3 Å². The van der Waals surface area contributed by atoms with Gasteiger partial charge in [0.25, 0.3) is 0 Å². The summed E-state index contributed by atoms with van der Waals surface area (Å²) >= 11 is 0. The Kier molecular flexibility index (Phi) is 11.3. The summed E-state index contributed by atoms with van der Waals surface area (Å²) in [5.74, 6) is -0.857. The summed E-state index contributed by atoms with van der Waals surface area (Å²) in [5.41, 5.74) is 0.181. The van der Waals surface area contributed by atoms with E-state index in [1.165, 1.54) is 43.5 Å². The Morgan fingerprint density at radius 3 is 2.14 bits per heavy atom. The van der Waals surface area contributed by atoms with Gasteiger partial charge in [0.1, 0.15) is 5.75 Å². The molecule has 1 rings (SSSR count). The van der Waals surface area contributed by atoms with E-state index in [0.717, 1.165) is 19.3 Å². The Balaban J connectivity index is 0.00000400. The van der Waals surface area contributed by atoms with E-state index >= 15 is 0 Å². The van der Waals surface area contributed by atoms with Crippen LogP contribution < -0.4 is 4.74 Å². The molecular weight excluding hydrogens is 279 g/mol. The molecule has 21 heavy (non-hydrogen) atoms. The van der Waals surface area contributed by atoms with Gasteiger partial charge in [-0.25, -0.2) is 4.79 Å². The Morgan fingerprint density at radius 2 is 1.57 bits per heavy atom. The third-order valence-electron chi connectivity index (χ3n) is 3.07. The zero-order valence-corrected chi connectivity index (χ0v) is 11.9. The van der Waals surface area contributed by atoms with Crippen LogP contribution in [-0.2, 0) is 4.79 Å². The molecular formula is C16H23NaO4. The maximum absolute atomic E-state index is 11.6. The SMILES string of the molecule is CCCCCCCCC(=O)Oc1ccc(C(=O)O)cc1.[NaH]. The average molecular weight is 302 g/mol. The van der Waals surface area contributed by atoms with Gasteiger partial charge in [0, 0.05) is 6.42 Å². The summed E-state index contributed by atoms with van der Waals surface area (Å²) in [6, 6.07) is 5.86. The van der Waals surface area contributed by atoms with Gasteiger partial charge < -0.3 is 9.84 Å². The maximum atomic E-state index is 11.6. The van der Waals surface area contributed by atoms with Crippen LogP contribution in [0, 0.1) is 0 Å². The first kappa shape index (κ1) is 20.2. The zero-order chi connectivity index (χ0) is 14.8. The van der Waals surface area contributed by atoms with E-state index < -0.39 is 5.97 Å². The molecule has 5 heteroatoms. The molecule has 0 atom stereocenters. The fourth-order valence-electron chi connectivity index (χ4n) is 1.90. The Hall–Kier alpha value is -0.840. The van der Waals surface area contributed by atoms with Gasteiger partial charge in [0.2, 0.25) is 0 Å². The van der Waals surface area contributed by atoms with Crippen molar-refractivity contribution in [1.29, 1.82) is 0 Å².